The molecule has 0 heterocycles. The van der Waals surface area contributed by atoms with Crippen LogP contribution in [0, 0.1) is 0 Å². The van der Waals surface area contributed by atoms with Gasteiger partial charge < -0.3 is 9.47 Å². The monoisotopic (exact) mass is 341 g/mol. The molecule has 2 aromatic rings. The second-order valence-electron chi connectivity index (χ2n) is 4.33. The normalized spacial score (nSPS) is 11.0. The van der Waals surface area contributed by atoms with E-state index in [0.29, 0.717) is 23.1 Å². The SMILES string of the molecule is CCOc1ccc(Cl)cc1S(=O)(=O)Nc1ccccc1OC. The molecule has 0 amide bonds. The number of hydrogen-bond donors (Lipinski definition) is 1. The summed E-state index contributed by atoms with van der Waals surface area (Å²) in [5, 5.41) is 0.309. The van der Waals surface area contributed by atoms with E-state index in [1.807, 2.05) is 0 Å². The molecule has 0 aliphatic heterocycles. The van der Waals surface area contributed by atoms with Gasteiger partial charge in [-0.3, -0.25) is 4.72 Å². The molecule has 2 rings (SSSR count). The first-order chi connectivity index (χ1) is 10.5. The van der Waals surface area contributed by atoms with E-state index in [2.05, 4.69) is 4.72 Å². The number of benzene rings is 2. The topological polar surface area (TPSA) is 64.6 Å². The van der Waals surface area contributed by atoms with Gasteiger partial charge in [0.2, 0.25) is 0 Å². The predicted octanol–water partition coefficient (Wildman–Crippen LogP) is 3.55. The van der Waals surface area contributed by atoms with Crippen LogP contribution in [0.1, 0.15) is 6.92 Å². The highest BCUT2D eigenvalue weighted by Gasteiger charge is 2.21. The number of anilines is 1. The zero-order valence-electron chi connectivity index (χ0n) is 12.2. The van der Waals surface area contributed by atoms with Crippen LogP contribution in [0.2, 0.25) is 5.02 Å². The Morgan fingerprint density at radius 1 is 1.14 bits per heavy atom. The summed E-state index contributed by atoms with van der Waals surface area (Å²) >= 11 is 5.91. The molecule has 22 heavy (non-hydrogen) atoms. The molecule has 2 aromatic carbocycles. The van der Waals surface area contributed by atoms with Crippen LogP contribution in [-0.2, 0) is 10.0 Å². The number of hydrogen-bond acceptors (Lipinski definition) is 4. The highest BCUT2D eigenvalue weighted by molar-refractivity contribution is 7.92. The Kier molecular flexibility index (Phi) is 5.15. The van der Waals surface area contributed by atoms with Crippen LogP contribution in [0.4, 0.5) is 5.69 Å². The minimum Gasteiger partial charge on any atom is -0.495 e. The molecule has 0 bridgehead atoms. The number of para-hydroxylation sites is 2. The van der Waals surface area contributed by atoms with Gasteiger partial charge in [0.15, 0.2) is 0 Å². The van der Waals surface area contributed by atoms with Crippen molar-refractivity contribution in [1.82, 2.24) is 0 Å². The molecule has 7 heteroatoms. The van der Waals surface area contributed by atoms with Crippen molar-refractivity contribution in [3.63, 3.8) is 0 Å². The zero-order valence-corrected chi connectivity index (χ0v) is 13.7. The fourth-order valence-electron chi connectivity index (χ4n) is 1.90. The Labute approximate surface area is 134 Å². The number of methoxy groups -OCH3 is 1. The van der Waals surface area contributed by atoms with Crippen molar-refractivity contribution in [2.24, 2.45) is 0 Å². The molecule has 0 unspecified atom stereocenters. The van der Waals surface area contributed by atoms with Crippen molar-refractivity contribution in [3.05, 3.63) is 47.5 Å². The maximum atomic E-state index is 12.6. The summed E-state index contributed by atoms with van der Waals surface area (Å²) in [5.41, 5.74) is 0.340. The summed E-state index contributed by atoms with van der Waals surface area (Å²) in [7, 11) is -2.39. The molecule has 0 aromatic heterocycles. The lowest BCUT2D eigenvalue weighted by Gasteiger charge is -2.14. The van der Waals surface area contributed by atoms with Crippen molar-refractivity contribution in [2.45, 2.75) is 11.8 Å². The van der Waals surface area contributed by atoms with Crippen LogP contribution in [0.15, 0.2) is 47.4 Å². The zero-order chi connectivity index (χ0) is 16.2. The van der Waals surface area contributed by atoms with Crippen molar-refractivity contribution in [2.75, 3.05) is 18.4 Å². The second-order valence-corrected chi connectivity index (χ2v) is 6.42. The maximum absolute atomic E-state index is 12.6. The highest BCUT2D eigenvalue weighted by Crippen LogP contribution is 2.31. The predicted molar refractivity (Wildman–Crippen MR) is 86.4 cm³/mol. The molecule has 0 aliphatic carbocycles. The van der Waals surface area contributed by atoms with E-state index in [1.165, 1.54) is 19.2 Å². The summed E-state index contributed by atoms with van der Waals surface area (Å²) < 4.78 is 38.2. The van der Waals surface area contributed by atoms with E-state index in [9.17, 15) is 8.42 Å². The van der Waals surface area contributed by atoms with Crippen molar-refractivity contribution in [3.8, 4) is 11.5 Å². The van der Waals surface area contributed by atoms with Crippen LogP contribution in [0.25, 0.3) is 0 Å². The highest BCUT2D eigenvalue weighted by atomic mass is 35.5. The molecule has 1 N–H and O–H groups in total. The van der Waals surface area contributed by atoms with Gasteiger partial charge in [-0.1, -0.05) is 23.7 Å². The maximum Gasteiger partial charge on any atom is 0.265 e. The van der Waals surface area contributed by atoms with Gasteiger partial charge in [-0.2, -0.15) is 0 Å². The fraction of sp³-hybridized carbons (Fsp3) is 0.200. The van der Waals surface area contributed by atoms with E-state index >= 15 is 0 Å². The molecule has 5 nitrogen and oxygen atoms in total. The van der Waals surface area contributed by atoms with Gasteiger partial charge in [-0.25, -0.2) is 8.42 Å². The van der Waals surface area contributed by atoms with E-state index in [0.717, 1.165) is 0 Å². The molecule has 118 valence electrons. The Morgan fingerprint density at radius 2 is 1.86 bits per heavy atom. The van der Waals surface area contributed by atoms with Gasteiger partial charge in [-0.15, -0.1) is 0 Å². The molecule has 0 spiro atoms. The van der Waals surface area contributed by atoms with E-state index in [4.69, 9.17) is 21.1 Å². The van der Waals surface area contributed by atoms with Crippen LogP contribution in [0.5, 0.6) is 11.5 Å². The number of nitrogens with one attached hydrogen (secondary N) is 1. The van der Waals surface area contributed by atoms with E-state index in [-0.39, 0.29) is 10.6 Å². The Bertz CT molecular complexity index is 762. The van der Waals surface area contributed by atoms with Gasteiger partial charge in [0.05, 0.1) is 19.4 Å². The first kappa shape index (κ1) is 16.5. The average Bonchev–Trinajstić information content (AvgIpc) is 2.49. The van der Waals surface area contributed by atoms with Crippen molar-refractivity contribution in [1.29, 1.82) is 0 Å². The first-order valence-electron chi connectivity index (χ1n) is 6.56. The third-order valence-electron chi connectivity index (χ3n) is 2.85. The standard InChI is InChI=1S/C15H16ClNO4S/c1-3-21-14-9-8-11(16)10-15(14)22(18,19)17-12-6-4-5-7-13(12)20-2/h4-10,17H,3H2,1-2H3. The Balaban J connectivity index is 2.44. The van der Waals surface area contributed by atoms with Crippen LogP contribution in [-0.4, -0.2) is 22.1 Å². The number of rotatable bonds is 6. The van der Waals surface area contributed by atoms with Crippen molar-refractivity contribution >= 4 is 27.3 Å². The minimum absolute atomic E-state index is 0.0206. The third kappa shape index (κ3) is 3.64. The molecule has 0 saturated heterocycles. The smallest absolute Gasteiger partial charge is 0.265 e. The Morgan fingerprint density at radius 3 is 2.55 bits per heavy atom. The Hall–Kier alpha value is -1.92. The summed E-state index contributed by atoms with van der Waals surface area (Å²) in [6.07, 6.45) is 0. The lowest BCUT2D eigenvalue weighted by atomic mass is 10.3. The average molecular weight is 342 g/mol. The largest absolute Gasteiger partial charge is 0.495 e. The van der Waals surface area contributed by atoms with Crippen molar-refractivity contribution < 1.29 is 17.9 Å². The molecular formula is C15H16ClNO4S. The van der Waals surface area contributed by atoms with Gasteiger partial charge in [0.25, 0.3) is 10.0 Å². The third-order valence-corrected chi connectivity index (χ3v) is 4.47. The van der Waals surface area contributed by atoms with Gasteiger partial charge >= 0.3 is 0 Å². The molecule has 0 fully saturated rings. The van der Waals surface area contributed by atoms with Gasteiger partial charge in [-0.05, 0) is 37.3 Å². The molecule has 0 atom stereocenters. The second kappa shape index (κ2) is 6.89. The number of sulfonamides is 1. The van der Waals surface area contributed by atoms with Gasteiger partial charge in [0, 0.05) is 5.02 Å². The van der Waals surface area contributed by atoms with Crippen LogP contribution in [0.3, 0.4) is 0 Å². The lowest BCUT2D eigenvalue weighted by Crippen LogP contribution is -2.15. The molecule has 0 aliphatic rings. The number of ether oxygens (including phenoxy) is 2. The lowest BCUT2D eigenvalue weighted by molar-refractivity contribution is 0.331. The first-order valence-corrected chi connectivity index (χ1v) is 8.42. The van der Waals surface area contributed by atoms with E-state index in [1.54, 1.807) is 37.3 Å². The number of halogens is 1. The van der Waals surface area contributed by atoms with Gasteiger partial charge in [0.1, 0.15) is 16.4 Å². The van der Waals surface area contributed by atoms with Crippen LogP contribution >= 0.6 is 11.6 Å². The molecular weight excluding hydrogens is 326 g/mol. The minimum atomic E-state index is -3.86. The summed E-state index contributed by atoms with van der Waals surface area (Å²) in [5.74, 6) is 0.667. The molecule has 0 radical (unpaired) electrons. The quantitative estimate of drug-likeness (QED) is 0.872. The summed E-state index contributed by atoms with van der Waals surface area (Å²) in [6, 6.07) is 11.2. The van der Waals surface area contributed by atoms with E-state index < -0.39 is 10.0 Å². The van der Waals surface area contributed by atoms with Crippen LogP contribution < -0.4 is 14.2 Å². The fourth-order valence-corrected chi connectivity index (χ4v) is 3.37. The summed E-state index contributed by atoms with van der Waals surface area (Å²) in [6.45, 7) is 2.12. The summed E-state index contributed by atoms with van der Waals surface area (Å²) in [4.78, 5) is -0.0206. The molecule has 0 saturated carbocycles.